The monoisotopic (exact) mass is 346 g/mol. The largest absolute Gasteiger partial charge is 0.597 e. The van der Waals surface area contributed by atoms with Crippen molar-refractivity contribution in [2.24, 2.45) is 5.41 Å². The summed E-state index contributed by atoms with van der Waals surface area (Å²) in [6.07, 6.45) is 2.74. The Morgan fingerprint density at radius 3 is 2.39 bits per heavy atom. The van der Waals surface area contributed by atoms with Crippen LogP contribution in [-0.4, -0.2) is 69.1 Å². The molecule has 7 heteroatoms. The maximum absolute atomic E-state index is 12.8. The number of carboxylic acid groups (broad SMARTS) is 1. The van der Waals surface area contributed by atoms with Gasteiger partial charge in [-0.25, -0.2) is 4.79 Å². The lowest BCUT2D eigenvalue weighted by Gasteiger charge is -2.45. The molecule has 1 saturated carbocycles. The predicted molar refractivity (Wildman–Crippen MR) is 90.7 cm³/mol. The van der Waals surface area contributed by atoms with E-state index in [-0.39, 0.29) is 22.3 Å². The predicted octanol–water partition coefficient (Wildman–Crippen LogP) is 2.32. The molecular formula is C16H30N2O4S. The van der Waals surface area contributed by atoms with Gasteiger partial charge in [-0.3, -0.25) is 0 Å². The fraction of sp³-hybridized carbons (Fsp3) is 0.938. The maximum Gasteiger partial charge on any atom is 0.407 e. The number of rotatable bonds is 3. The van der Waals surface area contributed by atoms with E-state index in [1.807, 2.05) is 32.1 Å². The summed E-state index contributed by atoms with van der Waals surface area (Å²) in [6.45, 7) is 7.07. The van der Waals surface area contributed by atoms with Crippen LogP contribution < -0.4 is 0 Å². The Labute approximate surface area is 142 Å². The fourth-order valence-electron chi connectivity index (χ4n) is 4.11. The lowest BCUT2D eigenvalue weighted by Crippen LogP contribution is -2.54. The Kier molecular flexibility index (Phi) is 5.55. The highest BCUT2D eigenvalue weighted by atomic mass is 32.2. The summed E-state index contributed by atoms with van der Waals surface area (Å²) >= 11 is -1.09. The molecule has 1 spiro atoms. The lowest BCUT2D eigenvalue weighted by molar-refractivity contribution is 0.0497. The van der Waals surface area contributed by atoms with Crippen molar-refractivity contribution in [2.75, 3.05) is 27.2 Å². The molecule has 0 bridgehead atoms. The molecule has 3 atom stereocenters. The maximum atomic E-state index is 12.8. The van der Waals surface area contributed by atoms with E-state index in [4.69, 9.17) is 4.74 Å². The summed E-state index contributed by atoms with van der Waals surface area (Å²) < 4.78 is 20.1. The first kappa shape index (κ1) is 18.8. The first-order chi connectivity index (χ1) is 10.6. The van der Waals surface area contributed by atoms with Gasteiger partial charge in [0.25, 0.3) is 0 Å². The van der Waals surface area contributed by atoms with Crippen molar-refractivity contribution in [3.05, 3.63) is 0 Å². The Balaban J connectivity index is 2.18. The molecular weight excluding hydrogens is 316 g/mol. The van der Waals surface area contributed by atoms with Crippen LogP contribution in [-0.2, 0) is 16.1 Å². The van der Waals surface area contributed by atoms with Crippen molar-refractivity contribution in [1.82, 2.24) is 9.21 Å². The summed E-state index contributed by atoms with van der Waals surface area (Å²) in [4.78, 5) is 12.7. The van der Waals surface area contributed by atoms with Gasteiger partial charge >= 0.3 is 6.09 Å². The molecule has 1 aliphatic heterocycles. The van der Waals surface area contributed by atoms with Gasteiger partial charge in [-0.1, -0.05) is 0 Å². The van der Waals surface area contributed by atoms with Crippen molar-refractivity contribution in [1.29, 1.82) is 0 Å². The molecule has 2 fully saturated rings. The van der Waals surface area contributed by atoms with Gasteiger partial charge in [-0.05, 0) is 51.9 Å². The second-order valence-corrected chi connectivity index (χ2v) is 10.2. The molecule has 1 amide bonds. The third-order valence-electron chi connectivity index (χ3n) is 5.41. The second-order valence-electron chi connectivity index (χ2n) is 7.85. The van der Waals surface area contributed by atoms with Crippen molar-refractivity contribution < 1.29 is 19.2 Å². The highest BCUT2D eigenvalue weighted by molar-refractivity contribution is 7.90. The molecule has 1 heterocycles. The van der Waals surface area contributed by atoms with Crippen LogP contribution in [0.25, 0.3) is 0 Å². The van der Waals surface area contributed by atoms with Crippen LogP contribution in [0.4, 0.5) is 4.79 Å². The van der Waals surface area contributed by atoms with Gasteiger partial charge in [-0.2, -0.15) is 0 Å². The summed E-state index contributed by atoms with van der Waals surface area (Å²) in [5, 5.41) is 9.18. The van der Waals surface area contributed by atoms with Crippen LogP contribution in [0.2, 0.25) is 0 Å². The van der Waals surface area contributed by atoms with E-state index in [9.17, 15) is 14.5 Å². The van der Waals surface area contributed by atoms with E-state index >= 15 is 0 Å². The minimum atomic E-state index is -1.09. The van der Waals surface area contributed by atoms with Crippen molar-refractivity contribution >= 4 is 17.5 Å². The third-order valence-corrected chi connectivity index (χ3v) is 7.24. The average molecular weight is 346 g/mol. The first-order valence-corrected chi connectivity index (χ1v) is 9.37. The Hall–Kier alpha value is -0.500. The van der Waals surface area contributed by atoms with Crippen LogP contribution in [0.5, 0.6) is 0 Å². The molecule has 6 nitrogen and oxygen atoms in total. The van der Waals surface area contributed by atoms with Gasteiger partial charge in [0.2, 0.25) is 0 Å². The van der Waals surface area contributed by atoms with E-state index in [2.05, 4.69) is 0 Å². The standard InChI is InChI=1S/C16H30N2O4S/c1-15(2,3)23(21)17(4)13-10-12(22-5)11-16(13)6-8-18(9-7-16)14(19)20/h12-13H,6-11H2,1-5H3,(H,19,20)/t12?,13?,23-/m1/s1. The van der Waals surface area contributed by atoms with Crippen LogP contribution >= 0.6 is 0 Å². The fourth-order valence-corrected chi connectivity index (χ4v) is 5.52. The number of piperidine rings is 1. The molecule has 2 aliphatic rings. The molecule has 2 rings (SSSR count). The van der Waals surface area contributed by atoms with Crippen molar-refractivity contribution in [3.8, 4) is 0 Å². The van der Waals surface area contributed by atoms with E-state index in [0.29, 0.717) is 13.1 Å². The quantitative estimate of drug-likeness (QED) is 0.794. The van der Waals surface area contributed by atoms with Crippen molar-refractivity contribution in [2.45, 2.75) is 63.3 Å². The second kappa shape index (κ2) is 6.78. The molecule has 1 N–H and O–H groups in total. The molecule has 0 aromatic rings. The third kappa shape index (κ3) is 3.78. The number of methoxy groups -OCH3 is 1. The summed E-state index contributed by atoms with van der Waals surface area (Å²) in [7, 11) is 3.67. The zero-order chi connectivity index (χ0) is 17.4. The van der Waals surface area contributed by atoms with Gasteiger partial charge in [0.05, 0.1) is 12.1 Å². The van der Waals surface area contributed by atoms with Crippen molar-refractivity contribution in [3.63, 3.8) is 0 Å². The van der Waals surface area contributed by atoms with Gasteiger partial charge < -0.3 is 19.3 Å². The van der Waals surface area contributed by atoms with Crippen LogP contribution in [0.1, 0.15) is 46.5 Å². The van der Waals surface area contributed by atoms with Crippen LogP contribution in [0.3, 0.4) is 0 Å². The molecule has 0 aromatic carbocycles. The molecule has 0 aromatic heterocycles. The smallest absolute Gasteiger partial charge is 0.407 e. The van der Waals surface area contributed by atoms with Crippen LogP contribution in [0.15, 0.2) is 0 Å². The topological polar surface area (TPSA) is 76.1 Å². The van der Waals surface area contributed by atoms with E-state index in [0.717, 1.165) is 25.7 Å². The number of amides is 1. The highest BCUT2D eigenvalue weighted by Gasteiger charge is 2.54. The Morgan fingerprint density at radius 2 is 1.96 bits per heavy atom. The van der Waals surface area contributed by atoms with E-state index < -0.39 is 17.5 Å². The number of ether oxygens (including phenoxy) is 1. The molecule has 134 valence electrons. The number of likely N-dealkylation sites (tertiary alicyclic amines) is 1. The molecule has 1 saturated heterocycles. The molecule has 0 radical (unpaired) electrons. The van der Waals surface area contributed by atoms with Gasteiger partial charge in [0.1, 0.15) is 4.75 Å². The molecule has 23 heavy (non-hydrogen) atoms. The Morgan fingerprint density at radius 1 is 1.39 bits per heavy atom. The molecule has 2 unspecified atom stereocenters. The van der Waals surface area contributed by atoms with Gasteiger partial charge in [-0.15, -0.1) is 4.31 Å². The average Bonchev–Trinajstić information content (AvgIpc) is 2.83. The Bertz CT molecular complexity index is 432. The summed E-state index contributed by atoms with van der Waals surface area (Å²) in [5.74, 6) is 0. The zero-order valence-electron chi connectivity index (χ0n) is 14.9. The lowest BCUT2D eigenvalue weighted by atomic mass is 9.74. The minimum Gasteiger partial charge on any atom is -0.597 e. The van der Waals surface area contributed by atoms with E-state index in [1.165, 1.54) is 4.90 Å². The summed E-state index contributed by atoms with van der Waals surface area (Å²) in [6, 6.07) is 0.170. The zero-order valence-corrected chi connectivity index (χ0v) is 15.7. The number of nitrogens with zero attached hydrogens (tertiary/aromatic N) is 2. The normalized spacial score (nSPS) is 29.3. The highest BCUT2D eigenvalue weighted by Crippen LogP contribution is 2.50. The SMILES string of the molecule is COC1CC(N(C)[S@+]([O-])C(C)(C)C)C2(CCN(C(=O)O)CC2)C1. The number of hydrogen-bond donors (Lipinski definition) is 1. The minimum absolute atomic E-state index is 0.00227. The van der Waals surface area contributed by atoms with Gasteiger partial charge in [0, 0.05) is 38.6 Å². The molecule has 1 aliphatic carbocycles. The number of carbonyl (C=O) groups is 1. The van der Waals surface area contributed by atoms with E-state index in [1.54, 1.807) is 7.11 Å². The summed E-state index contributed by atoms with van der Waals surface area (Å²) in [5.41, 5.74) is 0.00227. The first-order valence-electron chi connectivity index (χ1n) is 8.26. The van der Waals surface area contributed by atoms with Crippen LogP contribution in [0, 0.1) is 5.41 Å². The number of hydrogen-bond acceptors (Lipinski definition) is 4. The van der Waals surface area contributed by atoms with Gasteiger partial charge in [0.15, 0.2) is 0 Å².